The van der Waals surface area contributed by atoms with Crippen molar-refractivity contribution in [1.82, 2.24) is 5.32 Å². The lowest BCUT2D eigenvalue weighted by Crippen LogP contribution is -2.26. The molecule has 1 atom stereocenters. The van der Waals surface area contributed by atoms with Gasteiger partial charge in [0.15, 0.2) is 0 Å². The van der Waals surface area contributed by atoms with Crippen molar-refractivity contribution in [3.05, 3.63) is 0 Å². The van der Waals surface area contributed by atoms with Gasteiger partial charge in [0.2, 0.25) is 0 Å². The zero-order valence-electron chi connectivity index (χ0n) is 7.70. The molecule has 0 aromatic heterocycles. The number of hydrogen-bond acceptors (Lipinski definition) is 1. The molecule has 0 aliphatic heterocycles. The van der Waals surface area contributed by atoms with Crippen LogP contribution in [0.5, 0.6) is 0 Å². The lowest BCUT2D eigenvalue weighted by atomic mass is 10.2. The highest BCUT2D eigenvalue weighted by Crippen LogP contribution is 1.99. The van der Waals surface area contributed by atoms with Gasteiger partial charge in [0.25, 0.3) is 0 Å². The molecule has 0 saturated carbocycles. The summed E-state index contributed by atoms with van der Waals surface area (Å²) in [5.74, 6) is 0. The first-order valence-electron chi connectivity index (χ1n) is 4.60. The Balaban J connectivity index is 3.02. The minimum Gasteiger partial charge on any atom is -0.314 e. The van der Waals surface area contributed by atoms with Crippen molar-refractivity contribution >= 4 is 22.6 Å². The van der Waals surface area contributed by atoms with Crippen molar-refractivity contribution in [3.8, 4) is 0 Å². The molecule has 0 fully saturated rings. The Kier molecular flexibility index (Phi) is 9.33. The van der Waals surface area contributed by atoms with E-state index in [9.17, 15) is 0 Å². The van der Waals surface area contributed by atoms with Gasteiger partial charge in [-0.05, 0) is 37.2 Å². The second kappa shape index (κ2) is 8.78. The molecule has 0 unspecified atom stereocenters. The van der Waals surface area contributed by atoms with Crippen molar-refractivity contribution in [2.75, 3.05) is 11.0 Å². The monoisotopic (exact) mass is 269 g/mol. The van der Waals surface area contributed by atoms with Gasteiger partial charge in [0.05, 0.1) is 0 Å². The average Bonchev–Trinajstić information content (AvgIpc) is 2.01. The largest absolute Gasteiger partial charge is 0.314 e. The molecule has 1 nitrogen and oxygen atoms in total. The third-order valence-electron chi connectivity index (χ3n) is 1.79. The van der Waals surface area contributed by atoms with Crippen LogP contribution in [0.1, 0.15) is 39.5 Å². The van der Waals surface area contributed by atoms with Gasteiger partial charge in [-0.15, -0.1) is 0 Å². The Labute approximate surface area is 84.5 Å². The van der Waals surface area contributed by atoms with Crippen LogP contribution in [-0.2, 0) is 0 Å². The van der Waals surface area contributed by atoms with Gasteiger partial charge >= 0.3 is 0 Å². The van der Waals surface area contributed by atoms with Crippen LogP contribution < -0.4 is 5.32 Å². The van der Waals surface area contributed by atoms with Gasteiger partial charge in [-0.3, -0.25) is 0 Å². The minimum absolute atomic E-state index is 0.719. The van der Waals surface area contributed by atoms with Gasteiger partial charge in [-0.25, -0.2) is 0 Å². The van der Waals surface area contributed by atoms with E-state index in [0.717, 1.165) is 6.04 Å². The topological polar surface area (TPSA) is 12.0 Å². The fraction of sp³-hybridized carbons (Fsp3) is 1.00. The Bertz CT molecular complexity index is 76.0. The number of unbranched alkanes of at least 4 members (excludes halogenated alkanes) is 1. The van der Waals surface area contributed by atoms with E-state index in [1.807, 2.05) is 0 Å². The molecule has 0 aromatic carbocycles. The van der Waals surface area contributed by atoms with E-state index >= 15 is 0 Å². The first kappa shape index (κ1) is 11.7. The Morgan fingerprint density at radius 2 is 2.09 bits per heavy atom. The van der Waals surface area contributed by atoms with Crippen molar-refractivity contribution in [1.29, 1.82) is 0 Å². The molecule has 2 heteroatoms. The molecule has 0 saturated heterocycles. The SMILES string of the molecule is CCCCN[C@@H](C)CCCI. The standard InChI is InChI=1S/C9H20IN/c1-3-4-8-11-9(2)6-5-7-10/h9,11H,3-8H2,1-2H3/t9-/m0/s1. The molecule has 0 bridgehead atoms. The van der Waals surface area contributed by atoms with Gasteiger partial charge in [0, 0.05) is 6.04 Å². The van der Waals surface area contributed by atoms with Gasteiger partial charge in [-0.2, -0.15) is 0 Å². The predicted octanol–water partition coefficient (Wildman–Crippen LogP) is 2.98. The molecule has 68 valence electrons. The van der Waals surface area contributed by atoms with Crippen molar-refractivity contribution in [3.63, 3.8) is 0 Å². The number of alkyl halides is 1. The molecular weight excluding hydrogens is 249 g/mol. The van der Waals surface area contributed by atoms with E-state index in [4.69, 9.17) is 0 Å². The zero-order valence-corrected chi connectivity index (χ0v) is 9.86. The highest BCUT2D eigenvalue weighted by molar-refractivity contribution is 14.1. The van der Waals surface area contributed by atoms with Crippen LogP contribution in [0.2, 0.25) is 0 Å². The zero-order chi connectivity index (χ0) is 8.53. The van der Waals surface area contributed by atoms with Crippen molar-refractivity contribution in [2.24, 2.45) is 0 Å². The number of rotatable bonds is 7. The molecule has 0 heterocycles. The van der Waals surface area contributed by atoms with E-state index in [0.29, 0.717) is 0 Å². The fourth-order valence-corrected chi connectivity index (χ4v) is 1.45. The van der Waals surface area contributed by atoms with Gasteiger partial charge < -0.3 is 5.32 Å². The van der Waals surface area contributed by atoms with Crippen molar-refractivity contribution < 1.29 is 0 Å². The summed E-state index contributed by atoms with van der Waals surface area (Å²) in [5, 5.41) is 3.52. The molecule has 0 aromatic rings. The van der Waals surface area contributed by atoms with E-state index in [-0.39, 0.29) is 0 Å². The van der Waals surface area contributed by atoms with Crippen LogP contribution in [0, 0.1) is 0 Å². The Morgan fingerprint density at radius 3 is 2.64 bits per heavy atom. The Hall–Kier alpha value is 0.690. The summed E-state index contributed by atoms with van der Waals surface area (Å²) in [5.41, 5.74) is 0. The summed E-state index contributed by atoms with van der Waals surface area (Å²) in [6.07, 6.45) is 5.29. The maximum absolute atomic E-state index is 3.52. The van der Waals surface area contributed by atoms with Crippen LogP contribution in [0.4, 0.5) is 0 Å². The first-order chi connectivity index (χ1) is 5.31. The summed E-state index contributed by atoms with van der Waals surface area (Å²) in [7, 11) is 0. The summed E-state index contributed by atoms with van der Waals surface area (Å²) in [4.78, 5) is 0. The number of nitrogens with one attached hydrogen (secondary N) is 1. The smallest absolute Gasteiger partial charge is 0.00389 e. The predicted molar refractivity (Wildman–Crippen MR) is 60.5 cm³/mol. The first-order valence-corrected chi connectivity index (χ1v) is 6.13. The Morgan fingerprint density at radius 1 is 1.36 bits per heavy atom. The molecule has 0 rings (SSSR count). The molecule has 0 radical (unpaired) electrons. The lowest BCUT2D eigenvalue weighted by molar-refractivity contribution is 0.502. The maximum Gasteiger partial charge on any atom is 0.00389 e. The molecule has 0 spiro atoms. The molecule has 0 aliphatic carbocycles. The second-order valence-electron chi connectivity index (χ2n) is 3.04. The van der Waals surface area contributed by atoms with E-state index in [1.165, 1.54) is 36.7 Å². The van der Waals surface area contributed by atoms with Crippen molar-refractivity contribution in [2.45, 2.75) is 45.6 Å². The summed E-state index contributed by atoms with van der Waals surface area (Å²) in [6.45, 7) is 5.71. The number of halogens is 1. The third-order valence-corrected chi connectivity index (χ3v) is 2.56. The third kappa shape index (κ3) is 8.60. The summed E-state index contributed by atoms with van der Waals surface area (Å²) >= 11 is 2.44. The van der Waals surface area contributed by atoms with E-state index in [2.05, 4.69) is 41.8 Å². The van der Waals surface area contributed by atoms with Crippen LogP contribution in [0.15, 0.2) is 0 Å². The summed E-state index contributed by atoms with van der Waals surface area (Å²) in [6, 6.07) is 0.719. The van der Waals surface area contributed by atoms with Crippen LogP contribution in [-0.4, -0.2) is 17.0 Å². The van der Waals surface area contributed by atoms with Crippen LogP contribution in [0.3, 0.4) is 0 Å². The van der Waals surface area contributed by atoms with Crippen LogP contribution in [0.25, 0.3) is 0 Å². The molecule has 0 amide bonds. The highest BCUT2D eigenvalue weighted by atomic mass is 127. The fourth-order valence-electron chi connectivity index (χ4n) is 1.01. The minimum atomic E-state index is 0.719. The van der Waals surface area contributed by atoms with Gasteiger partial charge in [-0.1, -0.05) is 35.9 Å². The number of hydrogen-bond donors (Lipinski definition) is 1. The normalized spacial score (nSPS) is 13.4. The van der Waals surface area contributed by atoms with Crippen LogP contribution >= 0.6 is 22.6 Å². The molecule has 0 aliphatic rings. The highest BCUT2D eigenvalue weighted by Gasteiger charge is 1.98. The summed E-state index contributed by atoms with van der Waals surface area (Å²) < 4.78 is 1.29. The van der Waals surface area contributed by atoms with E-state index < -0.39 is 0 Å². The molecular formula is C9H20IN. The quantitative estimate of drug-likeness (QED) is 0.425. The lowest BCUT2D eigenvalue weighted by Gasteiger charge is -2.11. The average molecular weight is 269 g/mol. The van der Waals surface area contributed by atoms with Gasteiger partial charge in [0.1, 0.15) is 0 Å². The molecule has 11 heavy (non-hydrogen) atoms. The second-order valence-corrected chi connectivity index (χ2v) is 4.12. The maximum atomic E-state index is 3.52. The molecule has 1 N–H and O–H groups in total. The van der Waals surface area contributed by atoms with E-state index in [1.54, 1.807) is 0 Å².